The van der Waals surface area contributed by atoms with Gasteiger partial charge >= 0.3 is 6.18 Å². The number of halogens is 4. The average molecular weight is 435 g/mol. The molecule has 31 heavy (non-hydrogen) atoms. The second-order valence-electron chi connectivity index (χ2n) is 6.90. The van der Waals surface area contributed by atoms with Crippen LogP contribution in [0.15, 0.2) is 42.5 Å². The molecule has 9 heteroatoms. The zero-order valence-corrected chi connectivity index (χ0v) is 17.2. The first-order valence-electron chi connectivity index (χ1n) is 9.55. The van der Waals surface area contributed by atoms with Crippen molar-refractivity contribution in [1.29, 1.82) is 0 Å². The van der Waals surface area contributed by atoms with Crippen LogP contribution in [0.1, 0.15) is 29.4 Å². The molecule has 0 aliphatic carbocycles. The first kappa shape index (κ1) is 22.3. The highest BCUT2D eigenvalue weighted by molar-refractivity contribution is 5.94. The molecule has 1 amide bonds. The highest BCUT2D eigenvalue weighted by Gasteiger charge is 2.31. The maximum Gasteiger partial charge on any atom is 0.416 e. The van der Waals surface area contributed by atoms with Gasteiger partial charge in [-0.15, -0.1) is 0 Å². The van der Waals surface area contributed by atoms with E-state index in [1.54, 1.807) is 37.6 Å². The molecule has 5 nitrogen and oxygen atoms in total. The summed E-state index contributed by atoms with van der Waals surface area (Å²) in [6.07, 6.45) is -4.64. The van der Waals surface area contributed by atoms with Gasteiger partial charge in [0.25, 0.3) is 0 Å². The van der Waals surface area contributed by atoms with Gasteiger partial charge in [0.1, 0.15) is 11.6 Å². The number of hydrogen-bond donors (Lipinski definition) is 1. The normalized spacial score (nSPS) is 11.5. The number of nitrogens with one attached hydrogen (secondary N) is 1. The Labute approximate surface area is 176 Å². The van der Waals surface area contributed by atoms with Gasteiger partial charge < -0.3 is 10.1 Å². The quantitative estimate of drug-likeness (QED) is 0.540. The fourth-order valence-corrected chi connectivity index (χ4v) is 3.20. The Morgan fingerprint density at radius 3 is 2.42 bits per heavy atom. The highest BCUT2D eigenvalue weighted by atomic mass is 19.4. The van der Waals surface area contributed by atoms with Gasteiger partial charge in [0.2, 0.25) is 5.91 Å². The number of carbonyl (C=O) groups is 1. The number of hydrogen-bond acceptors (Lipinski definition) is 3. The topological polar surface area (TPSA) is 56.1 Å². The van der Waals surface area contributed by atoms with Crippen LogP contribution in [0.2, 0.25) is 0 Å². The molecule has 164 valence electrons. The summed E-state index contributed by atoms with van der Waals surface area (Å²) in [7, 11) is 0. The van der Waals surface area contributed by atoms with Gasteiger partial charge in [-0.3, -0.25) is 4.79 Å². The number of rotatable bonds is 6. The lowest BCUT2D eigenvalue weighted by atomic mass is 10.1. The molecule has 1 aromatic heterocycles. The lowest BCUT2D eigenvalue weighted by Gasteiger charge is -2.15. The number of ether oxygens (including phenoxy) is 1. The summed E-state index contributed by atoms with van der Waals surface area (Å²) in [5, 5.41) is 6.92. The van der Waals surface area contributed by atoms with Crippen molar-refractivity contribution in [3.63, 3.8) is 0 Å². The molecule has 0 fully saturated rings. The molecule has 0 bridgehead atoms. The molecule has 3 aromatic rings. The molecule has 3 rings (SSSR count). The van der Waals surface area contributed by atoms with Crippen LogP contribution in [0.4, 0.5) is 23.2 Å². The summed E-state index contributed by atoms with van der Waals surface area (Å²) in [4.78, 5) is 12.7. The van der Waals surface area contributed by atoms with Gasteiger partial charge in [-0.25, -0.2) is 9.07 Å². The van der Waals surface area contributed by atoms with E-state index in [2.05, 4.69) is 10.4 Å². The van der Waals surface area contributed by atoms with E-state index in [0.29, 0.717) is 22.6 Å². The lowest BCUT2D eigenvalue weighted by Crippen LogP contribution is -2.17. The molecule has 0 aliphatic rings. The number of alkyl halides is 3. The van der Waals surface area contributed by atoms with E-state index < -0.39 is 17.6 Å². The molecular weight excluding hydrogens is 414 g/mol. The van der Waals surface area contributed by atoms with Crippen LogP contribution < -0.4 is 10.1 Å². The maximum atomic E-state index is 13.2. The maximum absolute atomic E-state index is 13.2. The number of nitrogens with zero attached hydrogens (tertiary/aromatic N) is 2. The first-order valence-corrected chi connectivity index (χ1v) is 9.55. The number of aryl methyl sites for hydroxylation is 1. The van der Waals surface area contributed by atoms with Crippen molar-refractivity contribution in [2.24, 2.45) is 0 Å². The van der Waals surface area contributed by atoms with E-state index in [9.17, 15) is 22.4 Å². The van der Waals surface area contributed by atoms with Crippen molar-refractivity contribution in [2.45, 2.75) is 33.4 Å². The van der Waals surface area contributed by atoms with Crippen molar-refractivity contribution in [3.05, 3.63) is 70.8 Å². The van der Waals surface area contributed by atoms with Crippen LogP contribution in [0.5, 0.6) is 5.75 Å². The van der Waals surface area contributed by atoms with Gasteiger partial charge in [-0.2, -0.15) is 18.3 Å². The molecule has 2 aromatic carbocycles. The number of aromatic nitrogens is 2. The summed E-state index contributed by atoms with van der Waals surface area (Å²) >= 11 is 0. The van der Waals surface area contributed by atoms with Crippen molar-refractivity contribution in [2.75, 3.05) is 11.9 Å². The monoisotopic (exact) mass is 435 g/mol. The lowest BCUT2D eigenvalue weighted by molar-refractivity contribution is -0.137. The molecule has 1 N–H and O–H groups in total. The van der Waals surface area contributed by atoms with E-state index >= 15 is 0 Å². The summed E-state index contributed by atoms with van der Waals surface area (Å²) < 4.78 is 59.4. The predicted octanol–water partition coefficient (Wildman–Crippen LogP) is 5.23. The van der Waals surface area contributed by atoms with E-state index in [1.165, 1.54) is 18.2 Å². The zero-order chi connectivity index (χ0) is 22.8. The van der Waals surface area contributed by atoms with E-state index in [0.717, 1.165) is 12.1 Å². The van der Waals surface area contributed by atoms with Crippen LogP contribution >= 0.6 is 0 Å². The Morgan fingerprint density at radius 1 is 1.13 bits per heavy atom. The van der Waals surface area contributed by atoms with Crippen LogP contribution in [-0.2, 0) is 17.4 Å². The smallest absolute Gasteiger partial charge is 0.416 e. The number of carbonyl (C=O) groups excluding carboxylic acids is 1. The van der Waals surface area contributed by atoms with E-state index in [-0.39, 0.29) is 30.3 Å². The predicted molar refractivity (Wildman–Crippen MR) is 108 cm³/mol. The third kappa shape index (κ3) is 5.04. The SMILES string of the molecule is CCOc1ccc(C(F)(F)F)cc1NC(=O)Cc1c(C)nn(-c2ccc(F)cc2)c1C. The molecule has 1 heterocycles. The van der Waals surface area contributed by atoms with Gasteiger partial charge in [0.15, 0.2) is 0 Å². The fourth-order valence-electron chi connectivity index (χ4n) is 3.20. The van der Waals surface area contributed by atoms with Crippen molar-refractivity contribution >= 4 is 11.6 Å². The second kappa shape index (κ2) is 8.79. The third-order valence-corrected chi connectivity index (χ3v) is 4.73. The highest BCUT2D eigenvalue weighted by Crippen LogP contribution is 2.35. The molecule has 0 saturated carbocycles. The Balaban J connectivity index is 1.85. The molecule has 0 unspecified atom stereocenters. The largest absolute Gasteiger partial charge is 0.492 e. The van der Waals surface area contributed by atoms with E-state index in [1.807, 2.05) is 0 Å². The summed E-state index contributed by atoms with van der Waals surface area (Å²) in [5.41, 5.74) is 1.59. The number of amides is 1. The van der Waals surface area contributed by atoms with Crippen molar-refractivity contribution in [3.8, 4) is 11.4 Å². The minimum absolute atomic E-state index is 0.0529. The molecular formula is C22H21F4N3O2. The van der Waals surface area contributed by atoms with Crippen molar-refractivity contribution in [1.82, 2.24) is 9.78 Å². The van der Waals surface area contributed by atoms with Crippen molar-refractivity contribution < 1.29 is 27.1 Å². The molecule has 0 spiro atoms. The molecule has 0 atom stereocenters. The third-order valence-electron chi connectivity index (χ3n) is 4.73. The van der Waals surface area contributed by atoms with Gasteiger partial charge in [0, 0.05) is 11.3 Å². The molecule has 0 aliphatic heterocycles. The molecule has 0 radical (unpaired) electrons. The fraction of sp³-hybridized carbons (Fsp3) is 0.273. The second-order valence-corrected chi connectivity index (χ2v) is 6.90. The minimum atomic E-state index is -4.55. The van der Waals surface area contributed by atoms with Gasteiger partial charge in [0.05, 0.1) is 35.7 Å². The Morgan fingerprint density at radius 2 is 1.81 bits per heavy atom. The number of anilines is 1. The zero-order valence-electron chi connectivity index (χ0n) is 17.2. The standard InChI is InChI=1S/C22H21F4N3O2/c1-4-31-20-10-5-15(22(24,25)26)11-19(20)27-21(30)12-18-13(2)28-29(14(18)3)17-8-6-16(23)7-9-17/h5-11H,4,12H2,1-3H3,(H,27,30). The van der Waals surface area contributed by atoms with Crippen LogP contribution in [0.3, 0.4) is 0 Å². The van der Waals surface area contributed by atoms with Crippen LogP contribution in [0.25, 0.3) is 5.69 Å². The van der Waals surface area contributed by atoms with Crippen LogP contribution in [-0.4, -0.2) is 22.3 Å². The Hall–Kier alpha value is -3.36. The first-order chi connectivity index (χ1) is 14.6. The average Bonchev–Trinajstić information content (AvgIpc) is 2.97. The van der Waals surface area contributed by atoms with E-state index in [4.69, 9.17) is 4.74 Å². The van der Waals surface area contributed by atoms with Gasteiger partial charge in [-0.1, -0.05) is 0 Å². The van der Waals surface area contributed by atoms with Gasteiger partial charge in [-0.05, 0) is 63.2 Å². The summed E-state index contributed by atoms with van der Waals surface area (Å²) in [6.45, 7) is 5.42. The summed E-state index contributed by atoms with van der Waals surface area (Å²) in [5.74, 6) is -0.736. The molecule has 0 saturated heterocycles. The Kier molecular flexibility index (Phi) is 6.33. The van der Waals surface area contributed by atoms with Crippen LogP contribution in [0, 0.1) is 19.7 Å². The number of benzene rings is 2. The summed E-state index contributed by atoms with van der Waals surface area (Å²) in [6, 6.07) is 8.69. The Bertz CT molecular complexity index is 1090. The minimum Gasteiger partial charge on any atom is -0.492 e.